The number of carbonyl (C=O) groups is 1. The van der Waals surface area contributed by atoms with Gasteiger partial charge in [-0.3, -0.25) is 0 Å². The summed E-state index contributed by atoms with van der Waals surface area (Å²) < 4.78 is 0. The number of hydrogen-bond donors (Lipinski definition) is 0. The van der Waals surface area contributed by atoms with Crippen LogP contribution in [0.1, 0.15) is 10.4 Å². The Kier molecular flexibility index (Phi) is 10.7. The molecule has 0 unspecified atom stereocenters. The maximum Gasteiger partial charge on any atom is 1.00 e. The van der Waals surface area contributed by atoms with Crippen LogP contribution < -0.4 is 34.7 Å². The summed E-state index contributed by atoms with van der Waals surface area (Å²) >= 11 is 0. The smallest absolute Gasteiger partial charge is 1.00 e. The molecule has 0 aliphatic heterocycles. The van der Waals surface area contributed by atoms with Gasteiger partial charge in [-0.25, -0.2) is 0 Å². The Labute approximate surface area is 130 Å². The number of carbonyl (C=O) groups excluding carboxylic acids is 1. The van der Waals surface area contributed by atoms with Crippen molar-refractivity contribution in [2.75, 3.05) is 0 Å². The third kappa shape index (κ3) is 5.55. The molecule has 0 atom stereocenters. The van der Waals surface area contributed by atoms with Gasteiger partial charge in [0.2, 0.25) is 0 Å². The fraction of sp³-hybridized carbons (Fsp3) is 0. The fourth-order valence-electron chi connectivity index (χ4n) is 0.574. The van der Waals surface area contributed by atoms with E-state index in [-0.39, 0.29) is 86.5 Å². The third-order valence-corrected chi connectivity index (χ3v) is 1.01. The van der Waals surface area contributed by atoms with Gasteiger partial charge in [0.25, 0.3) is 0 Å². The Hall–Kier alpha value is 1.33. The first-order chi connectivity index (χ1) is 4.30. The number of hydrogen-bond acceptors (Lipinski definition) is 2. The molecule has 0 heterocycles. The summed E-state index contributed by atoms with van der Waals surface area (Å²) in [7, 11) is 0. The van der Waals surface area contributed by atoms with E-state index in [1.807, 2.05) is 0 Å². The van der Waals surface area contributed by atoms with Gasteiger partial charge >= 0.3 is 80.9 Å². The van der Waals surface area contributed by atoms with Crippen LogP contribution >= 0.6 is 0 Å². The van der Waals surface area contributed by atoms with Gasteiger partial charge in [0.1, 0.15) is 0 Å². The van der Waals surface area contributed by atoms with E-state index in [1.54, 1.807) is 18.2 Å². The molecule has 0 aromatic heterocycles. The summed E-state index contributed by atoms with van der Waals surface area (Å²) in [5.41, 5.74) is 0.220. The van der Waals surface area contributed by atoms with E-state index in [2.05, 4.69) is 0 Å². The summed E-state index contributed by atoms with van der Waals surface area (Å²) in [6.07, 6.45) is 0. The van der Waals surface area contributed by atoms with E-state index in [0.717, 1.165) is 0 Å². The van der Waals surface area contributed by atoms with E-state index in [1.165, 1.54) is 12.1 Å². The SMILES string of the molecule is O=C([O-])c1ccccc1.[KH].[Na+]. The average molecular weight is 184 g/mol. The number of aromatic carboxylic acids is 1. The summed E-state index contributed by atoms with van der Waals surface area (Å²) in [5, 5.41) is 10.1. The molecule has 0 saturated carbocycles. The van der Waals surface area contributed by atoms with Crippen molar-refractivity contribution in [2.45, 2.75) is 0 Å². The molecule has 1 aromatic rings. The van der Waals surface area contributed by atoms with Crippen LogP contribution in [-0.4, -0.2) is 57.4 Å². The molecular formula is C7H6KNaO2. The van der Waals surface area contributed by atoms with Gasteiger partial charge in [-0.15, -0.1) is 0 Å². The predicted octanol–water partition coefficient (Wildman–Crippen LogP) is -3.59. The molecule has 0 saturated heterocycles. The van der Waals surface area contributed by atoms with Crippen molar-refractivity contribution in [3.63, 3.8) is 0 Å². The first kappa shape index (κ1) is 14.8. The molecule has 1 rings (SSSR count). The second kappa shape index (κ2) is 7.95. The number of carboxylic acids is 1. The molecule has 0 aliphatic carbocycles. The summed E-state index contributed by atoms with van der Waals surface area (Å²) in [4.78, 5) is 10.1. The molecule has 0 amide bonds. The summed E-state index contributed by atoms with van der Waals surface area (Å²) in [5.74, 6) is -1.13. The van der Waals surface area contributed by atoms with Gasteiger partial charge in [-0.1, -0.05) is 30.3 Å². The molecule has 2 nitrogen and oxygen atoms in total. The molecular weight excluding hydrogens is 178 g/mol. The van der Waals surface area contributed by atoms with E-state index < -0.39 is 5.97 Å². The van der Waals surface area contributed by atoms with Gasteiger partial charge in [0.05, 0.1) is 5.97 Å². The van der Waals surface area contributed by atoms with Crippen LogP contribution in [0.2, 0.25) is 0 Å². The summed E-state index contributed by atoms with van der Waals surface area (Å²) in [6.45, 7) is 0. The van der Waals surface area contributed by atoms with Crippen LogP contribution in [0.5, 0.6) is 0 Å². The molecule has 0 spiro atoms. The Morgan fingerprint density at radius 1 is 1.18 bits per heavy atom. The second-order valence-electron chi connectivity index (χ2n) is 1.65. The minimum absolute atomic E-state index is 0. The van der Waals surface area contributed by atoms with E-state index in [4.69, 9.17) is 0 Å². The normalized spacial score (nSPS) is 7.27. The first-order valence-corrected chi connectivity index (χ1v) is 2.57. The maximum atomic E-state index is 10.1. The first-order valence-electron chi connectivity index (χ1n) is 2.57. The van der Waals surface area contributed by atoms with Crippen molar-refractivity contribution in [2.24, 2.45) is 0 Å². The molecule has 0 N–H and O–H groups in total. The largest absolute Gasteiger partial charge is 1.00 e. The standard InChI is InChI=1S/C7H6O2.K.Na.H/c8-7(9)6-4-2-1-3-5-6;;;/h1-5H,(H,8,9);;;/q;;+1;/p-1. The third-order valence-electron chi connectivity index (χ3n) is 1.01. The molecule has 1 aromatic carbocycles. The van der Waals surface area contributed by atoms with Crippen LogP contribution in [0.4, 0.5) is 0 Å². The minimum atomic E-state index is -1.13. The quantitative estimate of drug-likeness (QED) is 0.423. The van der Waals surface area contributed by atoms with Gasteiger partial charge in [0.15, 0.2) is 0 Å². The van der Waals surface area contributed by atoms with Crippen LogP contribution in [-0.2, 0) is 0 Å². The van der Waals surface area contributed by atoms with Crippen molar-refractivity contribution in [1.82, 2.24) is 0 Å². The van der Waals surface area contributed by atoms with Crippen molar-refractivity contribution >= 4 is 57.4 Å². The predicted molar refractivity (Wildman–Crippen MR) is 37.9 cm³/mol. The van der Waals surface area contributed by atoms with Crippen LogP contribution in [0.25, 0.3) is 0 Å². The number of benzene rings is 1. The zero-order chi connectivity index (χ0) is 6.69. The molecule has 11 heavy (non-hydrogen) atoms. The maximum absolute atomic E-state index is 10.1. The number of rotatable bonds is 1. The summed E-state index contributed by atoms with van der Waals surface area (Å²) in [6, 6.07) is 8.06. The van der Waals surface area contributed by atoms with Gasteiger partial charge < -0.3 is 9.90 Å². The molecule has 48 valence electrons. The Bertz CT molecular complexity index is 213. The van der Waals surface area contributed by atoms with Crippen LogP contribution in [0, 0.1) is 0 Å². The van der Waals surface area contributed by atoms with E-state index >= 15 is 0 Å². The van der Waals surface area contributed by atoms with E-state index in [9.17, 15) is 9.90 Å². The van der Waals surface area contributed by atoms with Crippen molar-refractivity contribution in [3.8, 4) is 0 Å². The molecule has 4 heteroatoms. The minimum Gasteiger partial charge on any atom is 1.00 e. The average Bonchev–Trinajstić information content (AvgIpc) is 1.90. The molecule has 0 bridgehead atoms. The van der Waals surface area contributed by atoms with Gasteiger partial charge in [-0.05, 0) is 5.56 Å². The van der Waals surface area contributed by atoms with E-state index in [0.29, 0.717) is 0 Å². The van der Waals surface area contributed by atoms with Gasteiger partial charge in [-0.2, -0.15) is 0 Å². The monoisotopic (exact) mass is 184 g/mol. The molecule has 0 fully saturated rings. The fourth-order valence-corrected chi connectivity index (χ4v) is 0.574. The van der Waals surface area contributed by atoms with Crippen LogP contribution in [0.3, 0.4) is 0 Å². The van der Waals surface area contributed by atoms with Crippen molar-refractivity contribution in [1.29, 1.82) is 0 Å². The molecule has 0 radical (unpaired) electrons. The zero-order valence-corrected chi connectivity index (χ0v) is 7.70. The van der Waals surface area contributed by atoms with Crippen molar-refractivity contribution in [3.05, 3.63) is 35.9 Å². The zero-order valence-electron chi connectivity index (χ0n) is 5.70. The van der Waals surface area contributed by atoms with Crippen molar-refractivity contribution < 1.29 is 39.5 Å². The Morgan fingerprint density at radius 3 is 1.91 bits per heavy atom. The number of carboxylic acid groups (broad SMARTS) is 1. The topological polar surface area (TPSA) is 40.1 Å². The van der Waals surface area contributed by atoms with Crippen LogP contribution in [0.15, 0.2) is 30.3 Å². The second-order valence-corrected chi connectivity index (χ2v) is 1.65. The Balaban J connectivity index is 0. The van der Waals surface area contributed by atoms with Gasteiger partial charge in [0, 0.05) is 0 Å². The Morgan fingerprint density at radius 2 is 1.64 bits per heavy atom. The molecule has 0 aliphatic rings.